The van der Waals surface area contributed by atoms with Crippen molar-refractivity contribution >= 4 is 23.2 Å². The van der Waals surface area contributed by atoms with Gasteiger partial charge in [-0.1, -0.05) is 146 Å². The highest BCUT2D eigenvalue weighted by Crippen LogP contribution is 2.43. The lowest BCUT2D eigenvalue weighted by Crippen LogP contribution is -2.53. The van der Waals surface area contributed by atoms with Gasteiger partial charge in [-0.3, -0.25) is 4.90 Å². The van der Waals surface area contributed by atoms with E-state index < -0.39 is 5.60 Å². The third-order valence-corrected chi connectivity index (χ3v) is 10.2. The molecule has 238 valence electrons. The zero-order valence-corrected chi connectivity index (χ0v) is 28.2. The molecular weight excluding hydrogens is 594 g/mol. The van der Waals surface area contributed by atoms with Gasteiger partial charge in [-0.2, -0.15) is 0 Å². The van der Waals surface area contributed by atoms with E-state index in [1.807, 2.05) is 7.11 Å². The fourth-order valence-electron chi connectivity index (χ4n) is 7.71. The van der Waals surface area contributed by atoms with Crippen LogP contribution in [0.1, 0.15) is 53.5 Å². The van der Waals surface area contributed by atoms with E-state index in [2.05, 4.69) is 163 Å². The van der Waals surface area contributed by atoms with Crippen LogP contribution in [-0.4, -0.2) is 24.6 Å². The Bertz CT molecular complexity index is 1850. The fraction of sp³-hybridized carbons (Fsp3) is 0.227. The summed E-state index contributed by atoms with van der Waals surface area (Å²) in [6.07, 6.45) is 3.12. The summed E-state index contributed by atoms with van der Waals surface area (Å²) in [7, 11) is 1.90. The first kappa shape index (κ1) is 32.7. The molecule has 0 N–H and O–H groups in total. The number of nitrogens with zero attached hydrogens (tertiary/aromatic N) is 1. The van der Waals surface area contributed by atoms with Crippen molar-refractivity contribution in [2.75, 3.05) is 13.7 Å². The van der Waals surface area contributed by atoms with Gasteiger partial charge >= 0.3 is 0 Å². The van der Waals surface area contributed by atoms with E-state index in [1.54, 1.807) is 0 Å². The van der Waals surface area contributed by atoms with Crippen LogP contribution in [-0.2, 0) is 23.3 Å². The Balaban J connectivity index is 0.00000386. The topological polar surface area (TPSA) is 12.5 Å². The number of fused-ring (bicyclic) bond motifs is 2. The van der Waals surface area contributed by atoms with Crippen LogP contribution in [0.25, 0.3) is 21.9 Å². The summed E-state index contributed by atoms with van der Waals surface area (Å²) >= 11 is 0. The van der Waals surface area contributed by atoms with Gasteiger partial charge in [0.15, 0.2) is 0 Å². The molecule has 2 nitrogen and oxygen atoms in total. The molecule has 7 rings (SSSR count). The second kappa shape index (κ2) is 14.7. The Morgan fingerprint density at radius 2 is 1.26 bits per heavy atom. The second-order valence-electron chi connectivity index (χ2n) is 12.9. The lowest BCUT2D eigenvalue weighted by Gasteiger charge is -2.48. The van der Waals surface area contributed by atoms with E-state index >= 15 is 0 Å². The summed E-state index contributed by atoms with van der Waals surface area (Å²) in [6, 6.07) is 55.6. The molecule has 0 aromatic heterocycles. The Morgan fingerprint density at radius 3 is 1.91 bits per heavy atom. The number of rotatable bonds is 10. The van der Waals surface area contributed by atoms with Crippen molar-refractivity contribution in [3.8, 4) is 11.1 Å². The Labute approximate surface area is 286 Å². The third-order valence-electron chi connectivity index (χ3n) is 10.2. The van der Waals surface area contributed by atoms with Gasteiger partial charge in [0.2, 0.25) is 0 Å². The average molecular weight is 638 g/mol. The van der Waals surface area contributed by atoms with Gasteiger partial charge in [-0.15, -0.1) is 12.4 Å². The summed E-state index contributed by atoms with van der Waals surface area (Å²) in [6.45, 7) is 4.18. The second-order valence-corrected chi connectivity index (χ2v) is 12.9. The predicted octanol–water partition coefficient (Wildman–Crippen LogP) is 10.8. The zero-order chi connectivity index (χ0) is 31.3. The normalized spacial score (nSPS) is 17.4. The number of halogens is 1. The van der Waals surface area contributed by atoms with Gasteiger partial charge in [0, 0.05) is 25.6 Å². The van der Waals surface area contributed by atoms with Crippen LogP contribution >= 0.6 is 12.4 Å². The molecule has 6 aromatic carbocycles. The Kier molecular flexibility index (Phi) is 10.2. The van der Waals surface area contributed by atoms with Crippen molar-refractivity contribution in [2.45, 2.75) is 50.3 Å². The molecule has 0 amide bonds. The highest BCUT2D eigenvalue weighted by Gasteiger charge is 2.44. The molecule has 2 atom stereocenters. The van der Waals surface area contributed by atoms with Gasteiger partial charge < -0.3 is 4.74 Å². The van der Waals surface area contributed by atoms with E-state index in [0.717, 1.165) is 32.4 Å². The van der Waals surface area contributed by atoms with Crippen LogP contribution in [0.2, 0.25) is 0 Å². The number of benzene rings is 6. The van der Waals surface area contributed by atoms with Crippen molar-refractivity contribution in [2.24, 2.45) is 0 Å². The van der Waals surface area contributed by atoms with Crippen molar-refractivity contribution in [3.63, 3.8) is 0 Å². The maximum atomic E-state index is 6.57. The number of methoxy groups -OCH3 is 1. The van der Waals surface area contributed by atoms with Crippen LogP contribution in [0.15, 0.2) is 152 Å². The lowest BCUT2D eigenvalue weighted by atomic mass is 9.74. The molecular formula is C44H44ClNO. The summed E-state index contributed by atoms with van der Waals surface area (Å²) in [4.78, 5) is 2.71. The van der Waals surface area contributed by atoms with Crippen molar-refractivity contribution in [3.05, 3.63) is 179 Å². The minimum Gasteiger partial charge on any atom is -0.372 e. The van der Waals surface area contributed by atoms with E-state index in [1.165, 1.54) is 49.7 Å². The van der Waals surface area contributed by atoms with Gasteiger partial charge in [0.1, 0.15) is 5.60 Å². The van der Waals surface area contributed by atoms with Gasteiger partial charge in [0.05, 0.1) is 0 Å². The maximum Gasteiger partial charge on any atom is 0.106 e. The quantitative estimate of drug-likeness (QED) is 0.148. The minimum absolute atomic E-state index is 0. The van der Waals surface area contributed by atoms with Crippen LogP contribution < -0.4 is 0 Å². The van der Waals surface area contributed by atoms with Crippen LogP contribution in [0.4, 0.5) is 0 Å². The molecule has 0 bridgehead atoms. The number of hydrogen-bond donors (Lipinski definition) is 0. The molecule has 0 saturated heterocycles. The lowest BCUT2D eigenvalue weighted by molar-refractivity contribution is -0.0837. The molecule has 6 aromatic rings. The summed E-state index contributed by atoms with van der Waals surface area (Å²) in [5.74, 6) is 0.329. The molecule has 3 heteroatoms. The molecule has 47 heavy (non-hydrogen) atoms. The highest BCUT2D eigenvalue weighted by molar-refractivity contribution is 5.87. The Morgan fingerprint density at radius 1 is 0.681 bits per heavy atom. The number of ether oxygens (including phenoxy) is 1. The van der Waals surface area contributed by atoms with Crippen LogP contribution in [0.5, 0.6) is 0 Å². The highest BCUT2D eigenvalue weighted by atomic mass is 35.5. The molecule has 0 radical (unpaired) electrons. The van der Waals surface area contributed by atoms with Gasteiger partial charge in [-0.25, -0.2) is 0 Å². The minimum atomic E-state index is -0.431. The molecule has 0 aliphatic heterocycles. The Hall–Kier alpha value is -4.21. The van der Waals surface area contributed by atoms with E-state index in [9.17, 15) is 0 Å². The van der Waals surface area contributed by atoms with Gasteiger partial charge in [0.25, 0.3) is 0 Å². The van der Waals surface area contributed by atoms with Crippen LogP contribution in [0.3, 0.4) is 0 Å². The summed E-state index contributed by atoms with van der Waals surface area (Å²) in [5, 5.41) is 2.56. The summed E-state index contributed by atoms with van der Waals surface area (Å²) < 4.78 is 6.57. The monoisotopic (exact) mass is 637 g/mol. The number of aryl methyl sites for hydroxylation is 1. The largest absolute Gasteiger partial charge is 0.372 e. The van der Waals surface area contributed by atoms with Crippen molar-refractivity contribution in [1.82, 2.24) is 4.90 Å². The van der Waals surface area contributed by atoms with E-state index in [4.69, 9.17) is 4.74 Å². The first-order chi connectivity index (χ1) is 22.6. The fourth-order valence-corrected chi connectivity index (χ4v) is 7.71. The molecule has 0 fully saturated rings. The van der Waals surface area contributed by atoms with Crippen molar-refractivity contribution < 1.29 is 4.74 Å². The van der Waals surface area contributed by atoms with E-state index in [-0.39, 0.29) is 18.4 Å². The SMILES string of the molecule is COC1(C)c2ccc(-c3ccc4ccccc4c3)cc2CCC1N(CCC(c1ccccc1)c1ccccc1)Cc1ccccc1.Cl. The molecule has 1 aliphatic rings. The maximum absolute atomic E-state index is 6.57. The standard InChI is InChI=1S/C44H43NO.ClH/c1-44(46-2)42-26-24-39(38-23-22-34-16-12-13-21-37(34)30-38)31-40(42)25-27-43(44)45(32-33-14-6-3-7-15-33)29-28-41(35-17-8-4-9-18-35)36-19-10-5-11-20-36;/h3-24,26,30-31,41,43H,25,27-29,32H2,1-2H3;1H. The number of hydrogen-bond acceptors (Lipinski definition) is 2. The first-order valence-corrected chi connectivity index (χ1v) is 16.7. The molecule has 2 unspecified atom stereocenters. The third kappa shape index (κ3) is 6.92. The van der Waals surface area contributed by atoms with E-state index in [0.29, 0.717) is 5.92 Å². The predicted molar refractivity (Wildman–Crippen MR) is 199 cm³/mol. The zero-order valence-electron chi connectivity index (χ0n) is 27.4. The summed E-state index contributed by atoms with van der Waals surface area (Å²) in [5.41, 5.74) is 8.91. The first-order valence-electron chi connectivity index (χ1n) is 16.7. The molecule has 1 aliphatic carbocycles. The average Bonchev–Trinajstić information content (AvgIpc) is 3.12. The molecule has 0 saturated carbocycles. The van der Waals surface area contributed by atoms with Gasteiger partial charge in [-0.05, 0) is 88.5 Å². The smallest absolute Gasteiger partial charge is 0.106 e. The van der Waals surface area contributed by atoms with Crippen LogP contribution in [0, 0.1) is 0 Å². The molecule has 0 heterocycles. The molecule has 0 spiro atoms. The van der Waals surface area contributed by atoms with Crippen molar-refractivity contribution in [1.29, 1.82) is 0 Å².